The maximum absolute atomic E-state index is 12.9. The molecule has 2 heterocycles. The number of halogens is 3. The SMILES string of the molecule is CC(NC(=O)CC1Sc2ccc(C(F)(F)F)cc2NC1=O)c1ccc(-n2cncn2)cc1. The van der Waals surface area contributed by atoms with Crippen LogP contribution in [0, 0.1) is 0 Å². The number of hydrogen-bond donors (Lipinski definition) is 2. The first-order chi connectivity index (χ1) is 15.2. The third kappa shape index (κ3) is 4.77. The molecule has 11 heteroatoms. The highest BCUT2D eigenvalue weighted by molar-refractivity contribution is 8.01. The van der Waals surface area contributed by atoms with Gasteiger partial charge in [0.1, 0.15) is 12.7 Å². The van der Waals surface area contributed by atoms with Gasteiger partial charge in [0.05, 0.1) is 28.2 Å². The predicted molar refractivity (Wildman–Crippen MR) is 112 cm³/mol. The number of carbonyl (C=O) groups excluding carboxylic acids is 2. The molecule has 1 aliphatic rings. The van der Waals surface area contributed by atoms with Gasteiger partial charge in [-0.15, -0.1) is 11.8 Å². The lowest BCUT2D eigenvalue weighted by atomic mass is 10.1. The van der Waals surface area contributed by atoms with Gasteiger partial charge < -0.3 is 10.6 Å². The first kappa shape index (κ1) is 21.9. The van der Waals surface area contributed by atoms with Gasteiger partial charge in [-0.2, -0.15) is 18.3 Å². The topological polar surface area (TPSA) is 88.9 Å². The lowest BCUT2D eigenvalue weighted by Crippen LogP contribution is -2.35. The van der Waals surface area contributed by atoms with Crippen molar-refractivity contribution < 1.29 is 22.8 Å². The van der Waals surface area contributed by atoms with Crippen LogP contribution < -0.4 is 10.6 Å². The molecule has 0 fully saturated rings. The van der Waals surface area contributed by atoms with Crippen molar-refractivity contribution in [3.05, 3.63) is 66.2 Å². The number of nitrogens with zero attached hydrogens (tertiary/aromatic N) is 3. The maximum atomic E-state index is 12.9. The molecule has 4 rings (SSSR count). The van der Waals surface area contributed by atoms with Gasteiger partial charge in [-0.1, -0.05) is 12.1 Å². The highest BCUT2D eigenvalue weighted by atomic mass is 32.2. The number of hydrogen-bond acceptors (Lipinski definition) is 5. The Bertz CT molecular complexity index is 1130. The third-order valence-electron chi connectivity index (χ3n) is 4.95. The normalized spacial score (nSPS) is 16.8. The first-order valence-electron chi connectivity index (χ1n) is 9.64. The van der Waals surface area contributed by atoms with Crippen LogP contribution in [0.4, 0.5) is 18.9 Å². The number of nitrogens with one attached hydrogen (secondary N) is 2. The Hall–Kier alpha value is -3.34. The molecule has 2 N–H and O–H groups in total. The Balaban J connectivity index is 1.37. The molecule has 0 aliphatic carbocycles. The van der Waals surface area contributed by atoms with E-state index in [1.165, 1.54) is 12.4 Å². The number of benzene rings is 2. The van der Waals surface area contributed by atoms with Gasteiger partial charge in [0.15, 0.2) is 0 Å². The first-order valence-corrected chi connectivity index (χ1v) is 10.5. The van der Waals surface area contributed by atoms with Crippen molar-refractivity contribution in [2.45, 2.75) is 35.7 Å². The summed E-state index contributed by atoms with van der Waals surface area (Å²) in [6.07, 6.45) is -1.58. The van der Waals surface area contributed by atoms with E-state index < -0.39 is 22.9 Å². The average molecular weight is 461 g/mol. The Kier molecular flexibility index (Phi) is 5.92. The summed E-state index contributed by atoms with van der Waals surface area (Å²) in [5.41, 5.74) is 0.963. The van der Waals surface area contributed by atoms with Gasteiger partial charge in [0.25, 0.3) is 0 Å². The fourth-order valence-electron chi connectivity index (χ4n) is 3.27. The average Bonchev–Trinajstić information content (AvgIpc) is 3.28. The Labute approximate surface area is 185 Å². The van der Waals surface area contributed by atoms with E-state index in [1.807, 2.05) is 31.2 Å². The van der Waals surface area contributed by atoms with E-state index in [0.29, 0.717) is 4.90 Å². The summed E-state index contributed by atoms with van der Waals surface area (Å²) in [6, 6.07) is 10.3. The van der Waals surface area contributed by atoms with Crippen molar-refractivity contribution in [3.8, 4) is 5.69 Å². The zero-order chi connectivity index (χ0) is 22.9. The van der Waals surface area contributed by atoms with Gasteiger partial charge >= 0.3 is 6.18 Å². The molecule has 166 valence electrons. The molecule has 32 heavy (non-hydrogen) atoms. The third-order valence-corrected chi connectivity index (χ3v) is 6.23. The van der Waals surface area contributed by atoms with Crippen LogP contribution in [0.25, 0.3) is 5.69 Å². The van der Waals surface area contributed by atoms with Crippen LogP contribution in [0.15, 0.2) is 60.0 Å². The summed E-state index contributed by atoms with van der Waals surface area (Å²) in [6.45, 7) is 1.82. The molecule has 7 nitrogen and oxygen atoms in total. The minimum atomic E-state index is -4.50. The van der Waals surface area contributed by atoms with Crippen LogP contribution in [0.5, 0.6) is 0 Å². The fraction of sp³-hybridized carbons (Fsp3) is 0.238. The number of aromatic nitrogens is 3. The van der Waals surface area contributed by atoms with Gasteiger partial charge in [0, 0.05) is 11.3 Å². The molecule has 0 saturated carbocycles. The summed E-state index contributed by atoms with van der Waals surface area (Å²) in [4.78, 5) is 29.3. The molecule has 1 aromatic heterocycles. The second-order valence-electron chi connectivity index (χ2n) is 7.23. The molecule has 0 bridgehead atoms. The van der Waals surface area contributed by atoms with E-state index in [2.05, 4.69) is 20.7 Å². The zero-order valence-electron chi connectivity index (χ0n) is 16.8. The van der Waals surface area contributed by atoms with Crippen LogP contribution >= 0.6 is 11.8 Å². The number of alkyl halides is 3. The van der Waals surface area contributed by atoms with Gasteiger partial charge in [-0.25, -0.2) is 9.67 Å². The van der Waals surface area contributed by atoms with Crippen molar-refractivity contribution in [1.82, 2.24) is 20.1 Å². The summed E-state index contributed by atoms with van der Waals surface area (Å²) >= 11 is 1.08. The summed E-state index contributed by atoms with van der Waals surface area (Å²) in [7, 11) is 0. The van der Waals surface area contributed by atoms with E-state index in [-0.39, 0.29) is 24.1 Å². The van der Waals surface area contributed by atoms with E-state index in [1.54, 1.807) is 11.0 Å². The summed E-state index contributed by atoms with van der Waals surface area (Å²) in [5.74, 6) is -0.831. The highest BCUT2D eigenvalue weighted by Gasteiger charge is 2.34. The predicted octanol–water partition coefficient (Wildman–Crippen LogP) is 3.97. The molecule has 0 radical (unpaired) electrons. The summed E-state index contributed by atoms with van der Waals surface area (Å²) < 4.78 is 40.3. The number of thioether (sulfide) groups is 1. The van der Waals surface area contributed by atoms with Crippen LogP contribution in [0.1, 0.15) is 30.5 Å². The van der Waals surface area contributed by atoms with Crippen molar-refractivity contribution in [1.29, 1.82) is 0 Å². The minimum Gasteiger partial charge on any atom is -0.350 e. The minimum absolute atomic E-state index is 0.0989. The number of amides is 2. The molecule has 2 aromatic carbocycles. The lowest BCUT2D eigenvalue weighted by molar-refractivity contribution is -0.137. The van der Waals surface area contributed by atoms with Crippen LogP contribution in [0.3, 0.4) is 0 Å². The molecular weight excluding hydrogens is 443 g/mol. The number of fused-ring (bicyclic) bond motifs is 1. The molecule has 1 aliphatic heterocycles. The van der Waals surface area contributed by atoms with Crippen molar-refractivity contribution >= 4 is 29.3 Å². The van der Waals surface area contributed by atoms with Crippen LogP contribution in [-0.2, 0) is 15.8 Å². The monoisotopic (exact) mass is 461 g/mol. The highest BCUT2D eigenvalue weighted by Crippen LogP contribution is 2.40. The van der Waals surface area contributed by atoms with E-state index in [4.69, 9.17) is 0 Å². The Morgan fingerprint density at radius 3 is 2.66 bits per heavy atom. The number of anilines is 1. The summed E-state index contributed by atoms with van der Waals surface area (Å²) in [5, 5.41) is 8.65. The van der Waals surface area contributed by atoms with E-state index in [9.17, 15) is 22.8 Å². The van der Waals surface area contributed by atoms with Crippen LogP contribution in [0.2, 0.25) is 0 Å². The molecule has 3 aromatic rings. The smallest absolute Gasteiger partial charge is 0.350 e. The second kappa shape index (κ2) is 8.65. The van der Waals surface area contributed by atoms with Crippen molar-refractivity contribution in [2.75, 3.05) is 5.32 Å². The Morgan fingerprint density at radius 2 is 2.00 bits per heavy atom. The molecule has 0 spiro atoms. The van der Waals surface area contributed by atoms with Crippen molar-refractivity contribution in [3.63, 3.8) is 0 Å². The number of rotatable bonds is 5. The van der Waals surface area contributed by atoms with E-state index >= 15 is 0 Å². The van der Waals surface area contributed by atoms with E-state index in [0.717, 1.165) is 35.1 Å². The molecule has 2 atom stereocenters. The quantitative estimate of drug-likeness (QED) is 0.600. The molecule has 2 unspecified atom stereocenters. The van der Waals surface area contributed by atoms with Crippen molar-refractivity contribution in [2.24, 2.45) is 0 Å². The second-order valence-corrected chi connectivity index (χ2v) is 8.47. The standard InChI is InChI=1S/C21H18F3N5O2S/c1-12(13-2-5-15(6-3-13)29-11-25-10-26-29)27-19(30)9-18-20(31)28-16-8-14(21(22,23)24)4-7-17(16)32-18/h2-8,10-12,18H,9H2,1H3,(H,27,30)(H,28,31). The number of carbonyl (C=O) groups is 2. The van der Waals surface area contributed by atoms with Gasteiger partial charge in [-0.05, 0) is 42.8 Å². The maximum Gasteiger partial charge on any atom is 0.416 e. The van der Waals surface area contributed by atoms with Gasteiger partial charge in [-0.3, -0.25) is 9.59 Å². The lowest BCUT2D eigenvalue weighted by Gasteiger charge is -2.25. The molecule has 2 amide bonds. The zero-order valence-corrected chi connectivity index (χ0v) is 17.6. The molecular formula is C21H18F3N5O2S. The fourth-order valence-corrected chi connectivity index (χ4v) is 4.36. The Morgan fingerprint density at radius 1 is 1.25 bits per heavy atom. The van der Waals surface area contributed by atoms with Crippen LogP contribution in [-0.4, -0.2) is 31.8 Å². The largest absolute Gasteiger partial charge is 0.416 e. The van der Waals surface area contributed by atoms with Gasteiger partial charge in [0.2, 0.25) is 11.8 Å². The molecule has 0 saturated heterocycles.